The van der Waals surface area contributed by atoms with E-state index < -0.39 is 0 Å². The van der Waals surface area contributed by atoms with Crippen LogP contribution in [0.15, 0.2) is 53.8 Å². The highest BCUT2D eigenvalue weighted by molar-refractivity contribution is 7.18. The smallest absolute Gasteiger partial charge is 0.262 e. The van der Waals surface area contributed by atoms with Crippen molar-refractivity contribution in [2.24, 2.45) is 0 Å². The molecule has 1 N–H and O–H groups in total. The fourth-order valence-corrected chi connectivity index (χ4v) is 5.45. The zero-order valence-electron chi connectivity index (χ0n) is 17.5. The molecule has 3 aromatic heterocycles. The normalized spacial score (nSPS) is 15.8. The van der Waals surface area contributed by atoms with Crippen LogP contribution in [0.5, 0.6) is 0 Å². The Labute approximate surface area is 185 Å². The van der Waals surface area contributed by atoms with Gasteiger partial charge in [-0.05, 0) is 43.7 Å². The fraction of sp³-hybridized carbons (Fsp3) is 0.333. The fourth-order valence-electron chi connectivity index (χ4n) is 4.19. The average Bonchev–Trinajstić information content (AvgIpc) is 3.17. The highest BCUT2D eigenvalue weighted by Crippen LogP contribution is 2.33. The van der Waals surface area contributed by atoms with E-state index in [0.717, 1.165) is 47.3 Å². The Hall–Kier alpha value is -2.90. The molecule has 31 heavy (non-hydrogen) atoms. The van der Waals surface area contributed by atoms with Crippen molar-refractivity contribution in [3.8, 4) is 0 Å². The lowest BCUT2D eigenvalue weighted by atomic mass is 9.93. The van der Waals surface area contributed by atoms with Crippen LogP contribution in [0.25, 0.3) is 10.2 Å². The lowest BCUT2D eigenvalue weighted by Gasteiger charge is -2.23. The minimum absolute atomic E-state index is 0.0970. The summed E-state index contributed by atoms with van der Waals surface area (Å²) in [6, 6.07) is 10.6. The molecule has 3 heterocycles. The SMILES string of the molecule is Cc1cnc(CNC2CCc3c(sc4ncn(CCc5ccccc5)c(=O)c34)C2)cn1. The molecule has 0 saturated heterocycles. The summed E-state index contributed by atoms with van der Waals surface area (Å²) >= 11 is 1.67. The van der Waals surface area contributed by atoms with Crippen LogP contribution in [0.3, 0.4) is 0 Å². The molecule has 0 aliphatic heterocycles. The number of benzene rings is 1. The highest BCUT2D eigenvalue weighted by atomic mass is 32.1. The van der Waals surface area contributed by atoms with E-state index in [1.165, 1.54) is 16.0 Å². The minimum atomic E-state index is 0.0970. The van der Waals surface area contributed by atoms with Gasteiger partial charge in [-0.25, -0.2) is 4.98 Å². The third kappa shape index (κ3) is 4.29. The van der Waals surface area contributed by atoms with Gasteiger partial charge in [0.05, 0.1) is 23.1 Å². The molecule has 0 saturated carbocycles. The van der Waals surface area contributed by atoms with Crippen molar-refractivity contribution in [3.63, 3.8) is 0 Å². The van der Waals surface area contributed by atoms with Crippen LogP contribution < -0.4 is 10.9 Å². The molecule has 1 aliphatic rings. The summed E-state index contributed by atoms with van der Waals surface area (Å²) in [4.78, 5) is 28.7. The molecule has 158 valence electrons. The number of hydrogen-bond acceptors (Lipinski definition) is 6. The van der Waals surface area contributed by atoms with Gasteiger partial charge >= 0.3 is 0 Å². The summed E-state index contributed by atoms with van der Waals surface area (Å²) in [5.74, 6) is 0. The summed E-state index contributed by atoms with van der Waals surface area (Å²) in [7, 11) is 0. The molecule has 5 rings (SSSR count). The molecule has 0 spiro atoms. The molecule has 1 aliphatic carbocycles. The number of hydrogen-bond donors (Lipinski definition) is 1. The van der Waals surface area contributed by atoms with Crippen molar-refractivity contribution in [1.82, 2.24) is 24.8 Å². The van der Waals surface area contributed by atoms with Crippen molar-refractivity contribution in [1.29, 1.82) is 0 Å². The van der Waals surface area contributed by atoms with Gasteiger partial charge in [-0.3, -0.25) is 19.3 Å². The number of aryl methyl sites for hydroxylation is 4. The lowest BCUT2D eigenvalue weighted by Crippen LogP contribution is -2.34. The van der Waals surface area contributed by atoms with Crippen molar-refractivity contribution in [2.75, 3.05) is 0 Å². The molecule has 4 aromatic rings. The Bertz CT molecular complexity index is 1250. The van der Waals surface area contributed by atoms with E-state index in [1.807, 2.05) is 31.3 Å². The second kappa shape index (κ2) is 8.69. The van der Waals surface area contributed by atoms with Crippen molar-refractivity contribution >= 4 is 21.6 Å². The Balaban J connectivity index is 1.31. The van der Waals surface area contributed by atoms with Gasteiger partial charge in [-0.2, -0.15) is 0 Å². The number of nitrogens with zero attached hydrogens (tertiary/aromatic N) is 4. The molecule has 0 bridgehead atoms. The molecule has 1 unspecified atom stereocenters. The van der Waals surface area contributed by atoms with E-state index in [4.69, 9.17) is 0 Å². The first-order chi connectivity index (χ1) is 15.2. The summed E-state index contributed by atoms with van der Waals surface area (Å²) in [5.41, 5.74) is 4.42. The molecule has 1 aromatic carbocycles. The van der Waals surface area contributed by atoms with Crippen molar-refractivity contribution < 1.29 is 0 Å². The third-order valence-electron chi connectivity index (χ3n) is 5.93. The van der Waals surface area contributed by atoms with E-state index in [1.54, 1.807) is 28.4 Å². The number of rotatable bonds is 6. The Morgan fingerprint density at radius 2 is 2.03 bits per heavy atom. The van der Waals surface area contributed by atoms with Gasteiger partial charge in [0, 0.05) is 36.4 Å². The maximum atomic E-state index is 13.2. The van der Waals surface area contributed by atoms with Gasteiger partial charge < -0.3 is 5.32 Å². The van der Waals surface area contributed by atoms with Crippen LogP contribution in [0, 0.1) is 6.92 Å². The second-order valence-corrected chi connectivity index (χ2v) is 9.22. The van der Waals surface area contributed by atoms with E-state index in [9.17, 15) is 4.79 Å². The predicted molar refractivity (Wildman–Crippen MR) is 123 cm³/mol. The van der Waals surface area contributed by atoms with Crippen molar-refractivity contribution in [3.05, 3.63) is 86.8 Å². The summed E-state index contributed by atoms with van der Waals surface area (Å²) in [6.45, 7) is 3.30. The average molecular weight is 432 g/mol. The van der Waals surface area contributed by atoms with Gasteiger partial charge in [0.15, 0.2) is 0 Å². The van der Waals surface area contributed by atoms with Crippen LogP contribution in [0.1, 0.15) is 33.8 Å². The molecule has 6 nitrogen and oxygen atoms in total. The first-order valence-corrected chi connectivity index (χ1v) is 11.5. The zero-order chi connectivity index (χ0) is 21.2. The van der Waals surface area contributed by atoms with Crippen LogP contribution in [0.4, 0.5) is 0 Å². The van der Waals surface area contributed by atoms with Crippen LogP contribution in [0.2, 0.25) is 0 Å². The van der Waals surface area contributed by atoms with E-state index >= 15 is 0 Å². The van der Waals surface area contributed by atoms with E-state index in [0.29, 0.717) is 19.1 Å². The molecular weight excluding hydrogens is 406 g/mol. The zero-order valence-corrected chi connectivity index (χ0v) is 18.4. The lowest BCUT2D eigenvalue weighted by molar-refractivity contribution is 0.459. The third-order valence-corrected chi connectivity index (χ3v) is 7.09. The molecule has 0 radical (unpaired) electrons. The standard InChI is InChI=1S/C24H25N5OS/c1-16-12-26-19(13-25-16)14-27-18-7-8-20-21(11-18)31-23-22(20)24(30)29(15-28-23)10-9-17-5-3-2-4-6-17/h2-6,12-13,15,18,27H,7-11,14H2,1H3. The van der Waals surface area contributed by atoms with Crippen LogP contribution >= 0.6 is 11.3 Å². The largest absolute Gasteiger partial charge is 0.308 e. The second-order valence-electron chi connectivity index (χ2n) is 8.13. The summed E-state index contributed by atoms with van der Waals surface area (Å²) < 4.78 is 1.77. The summed E-state index contributed by atoms with van der Waals surface area (Å²) in [6.07, 6.45) is 9.02. The summed E-state index contributed by atoms with van der Waals surface area (Å²) in [5, 5.41) is 4.44. The number of fused-ring (bicyclic) bond motifs is 3. The van der Waals surface area contributed by atoms with Crippen LogP contribution in [-0.2, 0) is 32.4 Å². The van der Waals surface area contributed by atoms with E-state index in [2.05, 4.69) is 32.4 Å². The van der Waals surface area contributed by atoms with Gasteiger partial charge in [-0.15, -0.1) is 11.3 Å². The quantitative estimate of drug-likeness (QED) is 0.506. The first kappa shape index (κ1) is 20.0. The Morgan fingerprint density at radius 1 is 1.16 bits per heavy atom. The first-order valence-electron chi connectivity index (χ1n) is 10.7. The van der Waals surface area contributed by atoms with Crippen LogP contribution in [-0.4, -0.2) is 25.6 Å². The van der Waals surface area contributed by atoms with Gasteiger partial charge in [0.25, 0.3) is 5.56 Å². The molecule has 1 atom stereocenters. The van der Waals surface area contributed by atoms with Crippen molar-refractivity contribution in [2.45, 2.75) is 51.7 Å². The predicted octanol–water partition coefficient (Wildman–Crippen LogP) is 3.45. The maximum absolute atomic E-state index is 13.2. The Morgan fingerprint density at radius 3 is 2.84 bits per heavy atom. The molecular formula is C24H25N5OS. The van der Waals surface area contributed by atoms with Gasteiger partial charge in [0.1, 0.15) is 4.83 Å². The number of thiophene rings is 1. The van der Waals surface area contributed by atoms with E-state index in [-0.39, 0.29) is 5.56 Å². The number of nitrogens with one attached hydrogen (secondary N) is 1. The highest BCUT2D eigenvalue weighted by Gasteiger charge is 2.25. The van der Waals surface area contributed by atoms with Gasteiger partial charge in [-0.1, -0.05) is 30.3 Å². The topological polar surface area (TPSA) is 72.7 Å². The number of aromatic nitrogens is 4. The minimum Gasteiger partial charge on any atom is -0.308 e. The van der Waals surface area contributed by atoms with Gasteiger partial charge in [0.2, 0.25) is 0 Å². The molecule has 7 heteroatoms. The molecule has 0 amide bonds. The Kier molecular flexibility index (Phi) is 5.61. The monoisotopic (exact) mass is 431 g/mol. The molecule has 0 fully saturated rings. The maximum Gasteiger partial charge on any atom is 0.262 e.